The Morgan fingerprint density at radius 3 is 2.69 bits per heavy atom. The number of carboxylic acids is 1. The summed E-state index contributed by atoms with van der Waals surface area (Å²) >= 11 is 0. The average Bonchev–Trinajstić information content (AvgIpc) is 2.96. The first-order valence-electron chi connectivity index (χ1n) is 9.26. The molecule has 5 rings (SSSR count). The van der Waals surface area contributed by atoms with Crippen molar-refractivity contribution in [1.82, 2.24) is 0 Å². The molecule has 4 bridgehead atoms. The Bertz CT molecular complexity index is 763. The highest BCUT2D eigenvalue weighted by Gasteiger charge is 2.85. The van der Waals surface area contributed by atoms with E-state index in [9.17, 15) is 30.0 Å². The van der Waals surface area contributed by atoms with Crippen molar-refractivity contribution in [2.45, 2.75) is 62.4 Å². The van der Waals surface area contributed by atoms with Crippen LogP contribution >= 0.6 is 0 Å². The zero-order valence-electron chi connectivity index (χ0n) is 14.6. The van der Waals surface area contributed by atoms with Crippen LogP contribution in [0.4, 0.5) is 0 Å². The predicted molar refractivity (Wildman–Crippen MR) is 86.7 cm³/mol. The van der Waals surface area contributed by atoms with E-state index in [1.807, 2.05) is 0 Å². The van der Waals surface area contributed by atoms with Crippen LogP contribution in [0, 0.1) is 28.6 Å². The van der Waals surface area contributed by atoms with Gasteiger partial charge in [-0.25, -0.2) is 0 Å². The lowest BCUT2D eigenvalue weighted by Crippen LogP contribution is -2.59. The molecule has 4 saturated carbocycles. The Labute approximate surface area is 150 Å². The van der Waals surface area contributed by atoms with Crippen molar-refractivity contribution in [3.8, 4) is 0 Å². The number of carbonyl (C=O) groups is 2. The van der Waals surface area contributed by atoms with Crippen LogP contribution in [-0.4, -0.2) is 55.8 Å². The molecule has 1 spiro atoms. The maximum absolute atomic E-state index is 12.8. The number of rotatable bonds is 1. The third-order valence-electron chi connectivity index (χ3n) is 8.57. The Balaban J connectivity index is 1.77. The van der Waals surface area contributed by atoms with Crippen LogP contribution in [0.15, 0.2) is 12.2 Å². The van der Waals surface area contributed by atoms with Crippen molar-refractivity contribution < 1.29 is 34.8 Å². The fourth-order valence-corrected chi connectivity index (χ4v) is 7.71. The van der Waals surface area contributed by atoms with Gasteiger partial charge in [0, 0.05) is 18.3 Å². The second-order valence-corrected chi connectivity index (χ2v) is 9.45. The number of aliphatic hydroxyl groups is 3. The molecule has 5 fully saturated rings. The summed E-state index contributed by atoms with van der Waals surface area (Å²) in [4.78, 5) is 25.2. The van der Waals surface area contributed by atoms with Crippen molar-refractivity contribution in [2.75, 3.05) is 0 Å². The molecule has 1 saturated heterocycles. The van der Waals surface area contributed by atoms with E-state index >= 15 is 0 Å². The smallest absolute Gasteiger partial charge is 0.315 e. The van der Waals surface area contributed by atoms with E-state index in [1.54, 1.807) is 0 Å². The topological polar surface area (TPSA) is 124 Å². The summed E-state index contributed by atoms with van der Waals surface area (Å²) in [6.45, 7) is 5.53. The third-order valence-corrected chi connectivity index (χ3v) is 8.57. The van der Waals surface area contributed by atoms with Crippen molar-refractivity contribution in [3.05, 3.63) is 12.2 Å². The Hall–Kier alpha value is -1.44. The first-order chi connectivity index (χ1) is 12.0. The lowest BCUT2D eigenvalue weighted by molar-refractivity contribution is -0.165. The molecule has 142 valence electrons. The van der Waals surface area contributed by atoms with E-state index in [1.165, 1.54) is 6.92 Å². The summed E-state index contributed by atoms with van der Waals surface area (Å²) in [5, 5.41) is 42.2. The number of carbonyl (C=O) groups excluding carboxylic acids is 1. The van der Waals surface area contributed by atoms with E-state index < -0.39 is 58.0 Å². The number of esters is 1. The Morgan fingerprint density at radius 2 is 2.04 bits per heavy atom. The first-order valence-corrected chi connectivity index (χ1v) is 9.26. The lowest BCUT2D eigenvalue weighted by atomic mass is 9.58. The zero-order chi connectivity index (χ0) is 18.9. The van der Waals surface area contributed by atoms with E-state index in [-0.39, 0.29) is 12.3 Å². The van der Waals surface area contributed by atoms with Gasteiger partial charge in [-0.3, -0.25) is 9.59 Å². The summed E-state index contributed by atoms with van der Waals surface area (Å²) in [7, 11) is 0. The number of aliphatic hydroxyl groups excluding tert-OH is 2. The zero-order valence-corrected chi connectivity index (χ0v) is 14.6. The van der Waals surface area contributed by atoms with Gasteiger partial charge in [0.05, 0.1) is 23.7 Å². The first kappa shape index (κ1) is 16.7. The van der Waals surface area contributed by atoms with Gasteiger partial charge < -0.3 is 25.2 Å². The van der Waals surface area contributed by atoms with Crippen LogP contribution < -0.4 is 0 Å². The maximum Gasteiger partial charge on any atom is 0.315 e. The highest BCUT2D eigenvalue weighted by Crippen LogP contribution is 2.78. The number of fused-ring (bicyclic) bond motifs is 1. The fraction of sp³-hybridized carbons (Fsp3) is 0.789. The molecule has 5 aliphatic rings. The molecule has 0 unspecified atom stereocenters. The number of hydrogen-bond donors (Lipinski definition) is 4. The van der Waals surface area contributed by atoms with Crippen LogP contribution in [-0.2, 0) is 14.3 Å². The van der Waals surface area contributed by atoms with Gasteiger partial charge >= 0.3 is 11.9 Å². The Morgan fingerprint density at radius 1 is 1.35 bits per heavy atom. The molecule has 9 atom stereocenters. The highest BCUT2D eigenvalue weighted by atomic mass is 16.6. The lowest BCUT2D eigenvalue weighted by Gasteiger charge is -2.47. The summed E-state index contributed by atoms with van der Waals surface area (Å²) < 4.78 is 5.87. The molecular formula is C19H24O7. The van der Waals surface area contributed by atoms with Gasteiger partial charge in [-0.2, -0.15) is 0 Å². The summed E-state index contributed by atoms with van der Waals surface area (Å²) in [6.07, 6.45) is -0.827. The number of carboxylic acid groups (broad SMARTS) is 1. The molecule has 0 amide bonds. The molecule has 1 heterocycles. The standard InChI is InChI=1S/C19H24O7/c1-8-5-17-7-18(8,25)4-3-10(17)19-6-9(20)13(21)16(2,15(24)26-19)12(19)11(17)14(22)23/h9-13,20-21,25H,1,3-7H2,2H3,(H,22,23)/t9-,10-,11-,12-,13+,16+,17+,18+,19-/m1/s1. The quantitative estimate of drug-likeness (QED) is 0.388. The van der Waals surface area contributed by atoms with Gasteiger partial charge in [-0.05, 0) is 43.6 Å². The minimum absolute atomic E-state index is 0.0429. The molecule has 7 heteroatoms. The van der Waals surface area contributed by atoms with Crippen LogP contribution in [0.3, 0.4) is 0 Å². The van der Waals surface area contributed by atoms with E-state index in [0.717, 1.165) is 0 Å². The van der Waals surface area contributed by atoms with Crippen molar-refractivity contribution >= 4 is 11.9 Å². The van der Waals surface area contributed by atoms with E-state index in [0.29, 0.717) is 31.3 Å². The predicted octanol–water partition coefficient (Wildman–Crippen LogP) is 0.222. The normalized spacial score (nSPS) is 59.8. The second-order valence-electron chi connectivity index (χ2n) is 9.45. The van der Waals surface area contributed by atoms with Crippen molar-refractivity contribution in [2.24, 2.45) is 28.6 Å². The Kier molecular flexibility index (Phi) is 2.79. The second kappa shape index (κ2) is 4.34. The molecule has 1 aliphatic heterocycles. The van der Waals surface area contributed by atoms with Crippen LogP contribution in [0.25, 0.3) is 0 Å². The van der Waals surface area contributed by atoms with Gasteiger partial charge in [0.15, 0.2) is 0 Å². The third kappa shape index (κ3) is 1.43. The summed E-state index contributed by atoms with van der Waals surface area (Å²) in [5.74, 6) is -3.58. The molecule has 4 N–H and O–H groups in total. The number of aliphatic carboxylic acids is 1. The van der Waals surface area contributed by atoms with Crippen molar-refractivity contribution in [1.29, 1.82) is 0 Å². The van der Waals surface area contributed by atoms with Crippen LogP contribution in [0.1, 0.15) is 39.0 Å². The van der Waals surface area contributed by atoms with Crippen LogP contribution in [0.2, 0.25) is 0 Å². The molecule has 4 aliphatic carbocycles. The van der Waals surface area contributed by atoms with E-state index in [4.69, 9.17) is 4.74 Å². The fourth-order valence-electron chi connectivity index (χ4n) is 7.71. The summed E-state index contributed by atoms with van der Waals surface area (Å²) in [6, 6.07) is 0. The van der Waals surface area contributed by atoms with Crippen molar-refractivity contribution in [3.63, 3.8) is 0 Å². The minimum Gasteiger partial charge on any atom is -0.481 e. The molecule has 0 radical (unpaired) electrons. The molecule has 0 aromatic rings. The SMILES string of the molecule is C=C1C[C@]23C[C@@]1(O)CC[C@H]2[C@@]12C[C@@H](O)[C@H](O)[C@@](C)(C(=O)O1)[C@H]2[C@@H]3C(=O)O. The molecule has 0 aromatic carbocycles. The van der Waals surface area contributed by atoms with Gasteiger partial charge in [0.1, 0.15) is 11.0 Å². The van der Waals surface area contributed by atoms with Gasteiger partial charge in [0.25, 0.3) is 0 Å². The van der Waals surface area contributed by atoms with E-state index in [2.05, 4.69) is 6.58 Å². The molecule has 0 aromatic heterocycles. The number of hydrogen-bond acceptors (Lipinski definition) is 6. The molecule has 26 heavy (non-hydrogen) atoms. The van der Waals surface area contributed by atoms with Crippen LogP contribution in [0.5, 0.6) is 0 Å². The number of ether oxygens (including phenoxy) is 1. The monoisotopic (exact) mass is 364 g/mol. The largest absolute Gasteiger partial charge is 0.481 e. The van der Waals surface area contributed by atoms with Gasteiger partial charge in [-0.15, -0.1) is 0 Å². The highest BCUT2D eigenvalue weighted by molar-refractivity contribution is 5.85. The molecular weight excluding hydrogens is 340 g/mol. The summed E-state index contributed by atoms with van der Waals surface area (Å²) in [5.41, 5.74) is -3.74. The average molecular weight is 364 g/mol. The van der Waals surface area contributed by atoms with Gasteiger partial charge in [0.2, 0.25) is 0 Å². The maximum atomic E-state index is 12.8. The van der Waals surface area contributed by atoms with Gasteiger partial charge in [-0.1, -0.05) is 6.58 Å². The minimum atomic E-state index is -1.46. The molecule has 7 nitrogen and oxygen atoms in total.